The minimum atomic E-state index is -3.67. The van der Waals surface area contributed by atoms with E-state index in [-0.39, 0.29) is 17.5 Å². The number of anilines is 1. The van der Waals surface area contributed by atoms with Gasteiger partial charge in [0.1, 0.15) is 5.75 Å². The SMILES string of the molecule is COc1ccc(S(=O)(=O)N2CCCC[C@@H]2CCNC(=O)C(=O)Nc2ccc(Cl)cc2)cc1. The van der Waals surface area contributed by atoms with Gasteiger partial charge in [-0.25, -0.2) is 8.42 Å². The first-order valence-corrected chi connectivity index (χ1v) is 12.1. The molecule has 172 valence electrons. The van der Waals surface area contributed by atoms with Gasteiger partial charge in [0.25, 0.3) is 0 Å². The zero-order valence-electron chi connectivity index (χ0n) is 17.7. The zero-order valence-corrected chi connectivity index (χ0v) is 19.3. The Bertz CT molecular complexity index is 1040. The van der Waals surface area contributed by atoms with Crippen LogP contribution in [-0.2, 0) is 19.6 Å². The van der Waals surface area contributed by atoms with Crippen molar-refractivity contribution in [1.82, 2.24) is 9.62 Å². The predicted octanol–water partition coefficient (Wildman–Crippen LogP) is 3.04. The van der Waals surface area contributed by atoms with Crippen molar-refractivity contribution < 1.29 is 22.7 Å². The van der Waals surface area contributed by atoms with Crippen LogP contribution in [0.2, 0.25) is 5.02 Å². The number of benzene rings is 2. The molecule has 2 amide bonds. The van der Waals surface area contributed by atoms with E-state index in [2.05, 4.69) is 10.6 Å². The third kappa shape index (κ3) is 5.99. The average Bonchev–Trinajstić information content (AvgIpc) is 2.80. The molecule has 0 aromatic heterocycles. The molecule has 8 nitrogen and oxygen atoms in total. The highest BCUT2D eigenvalue weighted by atomic mass is 35.5. The summed E-state index contributed by atoms with van der Waals surface area (Å²) in [5.74, 6) is -0.988. The normalized spacial score (nSPS) is 16.9. The Kier molecular flexibility index (Phi) is 8.11. The molecule has 1 heterocycles. The molecule has 1 saturated heterocycles. The van der Waals surface area contributed by atoms with E-state index in [1.807, 2.05) is 0 Å². The average molecular weight is 480 g/mol. The van der Waals surface area contributed by atoms with Crippen LogP contribution >= 0.6 is 11.6 Å². The number of amides is 2. The smallest absolute Gasteiger partial charge is 0.313 e. The molecule has 2 aromatic rings. The van der Waals surface area contributed by atoms with Crippen LogP contribution in [0.5, 0.6) is 5.75 Å². The topological polar surface area (TPSA) is 105 Å². The zero-order chi connectivity index (χ0) is 23.1. The molecular weight excluding hydrogens is 454 g/mol. The summed E-state index contributed by atoms with van der Waals surface area (Å²) < 4.78 is 32.9. The molecular formula is C22H26ClN3O5S. The van der Waals surface area contributed by atoms with Gasteiger partial charge in [0.05, 0.1) is 12.0 Å². The van der Waals surface area contributed by atoms with Crippen molar-refractivity contribution in [3.8, 4) is 5.75 Å². The second kappa shape index (κ2) is 10.8. The fraction of sp³-hybridized carbons (Fsp3) is 0.364. The molecule has 0 radical (unpaired) electrons. The quantitative estimate of drug-likeness (QED) is 0.594. The summed E-state index contributed by atoms with van der Waals surface area (Å²) in [4.78, 5) is 24.4. The number of sulfonamides is 1. The third-order valence-electron chi connectivity index (χ3n) is 5.31. The van der Waals surface area contributed by atoms with Crippen LogP contribution in [0.4, 0.5) is 5.69 Å². The van der Waals surface area contributed by atoms with Crippen molar-refractivity contribution in [2.24, 2.45) is 0 Å². The minimum absolute atomic E-state index is 0.187. The molecule has 2 N–H and O–H groups in total. The monoisotopic (exact) mass is 479 g/mol. The molecule has 3 rings (SSSR count). The van der Waals surface area contributed by atoms with Crippen molar-refractivity contribution in [1.29, 1.82) is 0 Å². The summed E-state index contributed by atoms with van der Waals surface area (Å²) in [5.41, 5.74) is 0.457. The van der Waals surface area contributed by atoms with E-state index in [0.29, 0.717) is 35.8 Å². The van der Waals surface area contributed by atoms with Gasteiger partial charge in [-0.15, -0.1) is 0 Å². The number of rotatable bonds is 7. The Morgan fingerprint density at radius 1 is 1.06 bits per heavy atom. The number of piperidine rings is 1. The molecule has 10 heteroatoms. The van der Waals surface area contributed by atoms with Crippen LogP contribution in [0.1, 0.15) is 25.7 Å². The molecule has 1 fully saturated rings. The van der Waals surface area contributed by atoms with Crippen molar-refractivity contribution in [2.45, 2.75) is 36.6 Å². The van der Waals surface area contributed by atoms with Gasteiger partial charge in [0.15, 0.2) is 0 Å². The molecule has 0 spiro atoms. The highest BCUT2D eigenvalue weighted by Gasteiger charge is 2.33. The van der Waals surface area contributed by atoms with Gasteiger partial charge in [-0.05, 0) is 67.8 Å². The van der Waals surface area contributed by atoms with Gasteiger partial charge in [-0.2, -0.15) is 4.31 Å². The lowest BCUT2D eigenvalue weighted by Gasteiger charge is -2.34. The fourth-order valence-electron chi connectivity index (χ4n) is 3.62. The van der Waals surface area contributed by atoms with E-state index in [0.717, 1.165) is 12.8 Å². The van der Waals surface area contributed by atoms with E-state index in [4.69, 9.17) is 16.3 Å². The number of nitrogens with zero attached hydrogens (tertiary/aromatic N) is 1. The van der Waals surface area contributed by atoms with Crippen molar-refractivity contribution in [3.63, 3.8) is 0 Å². The summed E-state index contributed by atoms with van der Waals surface area (Å²) >= 11 is 5.81. The fourth-order valence-corrected chi connectivity index (χ4v) is 5.47. The van der Waals surface area contributed by atoms with E-state index in [9.17, 15) is 18.0 Å². The number of halogens is 1. The molecule has 1 aliphatic rings. The second-order valence-corrected chi connectivity index (χ2v) is 9.77. The Morgan fingerprint density at radius 2 is 1.75 bits per heavy atom. The van der Waals surface area contributed by atoms with Gasteiger partial charge in [0.2, 0.25) is 10.0 Å². The van der Waals surface area contributed by atoms with Crippen molar-refractivity contribution >= 4 is 39.1 Å². The van der Waals surface area contributed by atoms with E-state index in [1.165, 1.54) is 23.5 Å². The number of nitrogens with one attached hydrogen (secondary N) is 2. The van der Waals surface area contributed by atoms with Crippen molar-refractivity contribution in [3.05, 3.63) is 53.6 Å². The largest absolute Gasteiger partial charge is 0.497 e. The summed E-state index contributed by atoms with van der Waals surface area (Å²) in [5, 5.41) is 5.59. The molecule has 0 unspecified atom stereocenters. The molecule has 1 atom stereocenters. The Balaban J connectivity index is 1.57. The minimum Gasteiger partial charge on any atom is -0.497 e. The van der Waals surface area contributed by atoms with Crippen LogP contribution in [0.25, 0.3) is 0 Å². The summed E-state index contributed by atoms with van der Waals surface area (Å²) in [6.07, 6.45) is 2.80. The number of methoxy groups -OCH3 is 1. The predicted molar refractivity (Wildman–Crippen MR) is 122 cm³/mol. The van der Waals surface area contributed by atoms with Crippen LogP contribution in [-0.4, -0.2) is 50.8 Å². The molecule has 2 aromatic carbocycles. The van der Waals surface area contributed by atoms with Crippen LogP contribution in [0.3, 0.4) is 0 Å². The Hall–Kier alpha value is -2.62. The first kappa shape index (κ1) is 24.0. The highest BCUT2D eigenvalue weighted by Crippen LogP contribution is 2.28. The summed E-state index contributed by atoms with van der Waals surface area (Å²) in [6, 6.07) is 12.4. The lowest BCUT2D eigenvalue weighted by molar-refractivity contribution is -0.136. The number of ether oxygens (including phenoxy) is 1. The molecule has 0 saturated carbocycles. The maximum absolute atomic E-state index is 13.2. The first-order chi connectivity index (χ1) is 15.3. The maximum Gasteiger partial charge on any atom is 0.313 e. The van der Waals surface area contributed by atoms with Gasteiger partial charge >= 0.3 is 11.8 Å². The highest BCUT2D eigenvalue weighted by molar-refractivity contribution is 7.89. The Labute approximate surface area is 192 Å². The van der Waals surface area contributed by atoms with Crippen molar-refractivity contribution in [2.75, 3.05) is 25.5 Å². The molecule has 0 aliphatic carbocycles. The molecule has 1 aliphatic heterocycles. The molecule has 0 bridgehead atoms. The third-order valence-corrected chi connectivity index (χ3v) is 7.53. The van der Waals surface area contributed by atoms with Crippen LogP contribution in [0, 0.1) is 0 Å². The van der Waals surface area contributed by atoms with Crippen LogP contribution in [0.15, 0.2) is 53.4 Å². The van der Waals surface area contributed by atoms with Gasteiger partial charge in [-0.1, -0.05) is 18.0 Å². The van der Waals surface area contributed by atoms with E-state index < -0.39 is 21.8 Å². The van der Waals surface area contributed by atoms with Crippen LogP contribution < -0.4 is 15.4 Å². The van der Waals surface area contributed by atoms with E-state index in [1.54, 1.807) is 36.4 Å². The summed E-state index contributed by atoms with van der Waals surface area (Å²) in [7, 11) is -2.15. The van der Waals surface area contributed by atoms with Gasteiger partial charge in [0, 0.05) is 29.8 Å². The second-order valence-electron chi connectivity index (χ2n) is 7.45. The number of carbonyl (C=O) groups is 2. The molecule has 32 heavy (non-hydrogen) atoms. The Morgan fingerprint density at radius 3 is 2.41 bits per heavy atom. The standard InChI is InChI=1S/C22H26ClN3O5S/c1-31-19-9-11-20(12-10-19)32(29,30)26-15-3-2-4-18(26)13-14-24-21(27)22(28)25-17-7-5-16(23)6-8-17/h5-12,18H,2-4,13-15H2,1H3,(H,24,27)(H,25,28)/t18-/m1/s1. The van der Waals surface area contributed by atoms with E-state index >= 15 is 0 Å². The first-order valence-electron chi connectivity index (χ1n) is 10.3. The van der Waals surface area contributed by atoms with Gasteiger partial charge in [-0.3, -0.25) is 9.59 Å². The summed E-state index contributed by atoms with van der Waals surface area (Å²) in [6.45, 7) is 0.607. The number of carbonyl (C=O) groups excluding carboxylic acids is 2. The number of hydrogen-bond acceptors (Lipinski definition) is 5. The maximum atomic E-state index is 13.2. The number of hydrogen-bond donors (Lipinski definition) is 2. The lowest BCUT2D eigenvalue weighted by atomic mass is 10.0. The van der Waals surface area contributed by atoms with Gasteiger partial charge < -0.3 is 15.4 Å². The lowest BCUT2D eigenvalue weighted by Crippen LogP contribution is -2.45.